The van der Waals surface area contributed by atoms with Gasteiger partial charge in [0, 0.05) is 16.5 Å². The largest absolute Gasteiger partial charge is 0.313 e. The van der Waals surface area contributed by atoms with E-state index in [0.29, 0.717) is 0 Å². The van der Waals surface area contributed by atoms with Gasteiger partial charge in [-0.05, 0) is 59.8 Å². The first-order valence-electron chi connectivity index (χ1n) is 10.4. The lowest BCUT2D eigenvalue weighted by Gasteiger charge is -2.22. The van der Waals surface area contributed by atoms with Crippen LogP contribution in [0.3, 0.4) is 0 Å². The summed E-state index contributed by atoms with van der Waals surface area (Å²) in [5, 5.41) is 2.76. The van der Waals surface area contributed by atoms with E-state index in [4.69, 9.17) is 0 Å². The van der Waals surface area contributed by atoms with Gasteiger partial charge in [-0.15, -0.1) is 0 Å². The van der Waals surface area contributed by atoms with Crippen molar-refractivity contribution in [1.82, 2.24) is 4.57 Å². The first-order chi connectivity index (χ1) is 12.7. The molecule has 0 N–H and O–H groups in total. The monoisotopic (exact) mass is 359 g/mol. The summed E-state index contributed by atoms with van der Waals surface area (Å²) < 4.78 is 2.56. The summed E-state index contributed by atoms with van der Waals surface area (Å²) in [5.74, 6) is 0. The minimum absolute atomic E-state index is 0.160. The van der Waals surface area contributed by atoms with Crippen molar-refractivity contribution in [2.24, 2.45) is 0 Å². The first kappa shape index (κ1) is 18.3. The molecule has 0 saturated heterocycles. The van der Waals surface area contributed by atoms with Crippen LogP contribution in [0.1, 0.15) is 78.4 Å². The molecule has 0 radical (unpaired) electrons. The fourth-order valence-electron chi connectivity index (χ4n) is 4.29. The summed E-state index contributed by atoms with van der Waals surface area (Å²) >= 11 is 0. The van der Waals surface area contributed by atoms with E-state index in [1.54, 1.807) is 0 Å². The summed E-state index contributed by atoms with van der Waals surface area (Å²) in [6.45, 7) is 13.8. The Bertz CT molecular complexity index is 961. The summed E-state index contributed by atoms with van der Waals surface area (Å²) in [7, 11) is 0. The molecule has 0 spiro atoms. The van der Waals surface area contributed by atoms with Crippen molar-refractivity contribution in [1.29, 1.82) is 0 Å². The van der Waals surface area contributed by atoms with Crippen LogP contribution < -0.4 is 0 Å². The minimum atomic E-state index is 0.160. The fourth-order valence-corrected chi connectivity index (χ4v) is 4.29. The topological polar surface area (TPSA) is 4.93 Å². The van der Waals surface area contributed by atoms with Crippen molar-refractivity contribution in [3.8, 4) is 0 Å². The molecule has 0 amide bonds. The molecule has 4 rings (SSSR count). The molecular formula is C26H33N. The third kappa shape index (κ3) is 3.22. The Morgan fingerprint density at radius 2 is 1.22 bits per heavy atom. The van der Waals surface area contributed by atoms with Crippen LogP contribution in [0.4, 0.5) is 0 Å². The number of aromatic nitrogens is 1. The maximum absolute atomic E-state index is 2.56. The number of nitrogens with zero attached hydrogens (tertiary/aromatic N) is 1. The molecule has 27 heavy (non-hydrogen) atoms. The summed E-state index contributed by atoms with van der Waals surface area (Å²) in [4.78, 5) is 0. The maximum atomic E-state index is 2.56. The molecule has 0 bridgehead atoms. The van der Waals surface area contributed by atoms with Gasteiger partial charge in [-0.3, -0.25) is 0 Å². The van der Waals surface area contributed by atoms with E-state index in [1.165, 1.54) is 64.3 Å². The fraction of sp³-hybridized carbons (Fsp3) is 0.462. The maximum Gasteiger partial charge on any atom is 0.0540 e. The van der Waals surface area contributed by atoms with Gasteiger partial charge < -0.3 is 4.57 Å². The van der Waals surface area contributed by atoms with E-state index >= 15 is 0 Å². The summed E-state index contributed by atoms with van der Waals surface area (Å²) in [6, 6.07) is 14.2. The lowest BCUT2D eigenvalue weighted by molar-refractivity contribution is 0.591. The highest BCUT2D eigenvalue weighted by atomic mass is 15.0. The Labute approximate surface area is 164 Å². The number of allylic oxidation sites excluding steroid dienone is 2. The number of hydrogen-bond acceptors (Lipinski definition) is 0. The Morgan fingerprint density at radius 1 is 0.704 bits per heavy atom. The number of fused-ring (bicyclic) bond motifs is 3. The quantitative estimate of drug-likeness (QED) is 0.417. The van der Waals surface area contributed by atoms with E-state index in [9.17, 15) is 0 Å². The zero-order valence-corrected chi connectivity index (χ0v) is 17.8. The predicted octanol–water partition coefficient (Wildman–Crippen LogP) is 7.80. The van der Waals surface area contributed by atoms with Crippen LogP contribution >= 0.6 is 0 Å². The predicted molar refractivity (Wildman–Crippen MR) is 120 cm³/mol. The zero-order chi connectivity index (χ0) is 19.4. The van der Waals surface area contributed by atoms with Crippen LogP contribution in [0.5, 0.6) is 0 Å². The molecule has 1 nitrogen and oxygen atoms in total. The standard InChI is InChI=1S/C26H33N/c1-25(2,3)18-12-14-21-22-15-13-19(26(4,5)6)17-24(22)27(23(21)16-18)20-10-8-7-9-11-20/h10,12-17H,7-9,11H2,1-6H3. The van der Waals surface area contributed by atoms with Gasteiger partial charge in [0.05, 0.1) is 11.0 Å². The van der Waals surface area contributed by atoms with Crippen LogP contribution in [0, 0.1) is 0 Å². The van der Waals surface area contributed by atoms with E-state index in [0.717, 1.165) is 0 Å². The molecule has 1 heteroatoms. The Hall–Kier alpha value is -2.02. The van der Waals surface area contributed by atoms with Crippen molar-refractivity contribution in [2.45, 2.75) is 78.1 Å². The SMILES string of the molecule is CC(C)(C)c1ccc2c3ccc(C(C)(C)C)cc3n(C3=CCCCC3)c2c1. The second kappa shape index (κ2) is 6.26. The third-order valence-electron chi connectivity index (χ3n) is 6.05. The van der Waals surface area contributed by atoms with Crippen LogP contribution in [-0.4, -0.2) is 4.57 Å². The second-order valence-electron chi connectivity index (χ2n) is 10.2. The van der Waals surface area contributed by atoms with Gasteiger partial charge >= 0.3 is 0 Å². The van der Waals surface area contributed by atoms with Crippen molar-refractivity contribution in [3.05, 3.63) is 53.6 Å². The van der Waals surface area contributed by atoms with Crippen LogP contribution in [-0.2, 0) is 10.8 Å². The Balaban J connectivity index is 2.09. The van der Waals surface area contributed by atoms with Crippen LogP contribution in [0.2, 0.25) is 0 Å². The highest BCUT2D eigenvalue weighted by Crippen LogP contribution is 2.38. The second-order valence-corrected chi connectivity index (χ2v) is 10.2. The summed E-state index contributed by atoms with van der Waals surface area (Å²) in [5.41, 5.74) is 7.37. The number of benzene rings is 2. The van der Waals surface area contributed by atoms with Gasteiger partial charge in [0.15, 0.2) is 0 Å². The van der Waals surface area contributed by atoms with Crippen molar-refractivity contribution >= 4 is 27.5 Å². The normalized spacial score (nSPS) is 16.1. The molecule has 0 atom stereocenters. The van der Waals surface area contributed by atoms with E-state index in [2.05, 4.69) is 88.6 Å². The molecule has 0 fully saturated rings. The molecule has 1 aliphatic carbocycles. The number of rotatable bonds is 1. The lowest BCUT2D eigenvalue weighted by atomic mass is 9.86. The van der Waals surface area contributed by atoms with Crippen LogP contribution in [0.15, 0.2) is 42.5 Å². The van der Waals surface area contributed by atoms with Crippen molar-refractivity contribution < 1.29 is 0 Å². The van der Waals surface area contributed by atoms with Gasteiger partial charge in [0.25, 0.3) is 0 Å². The highest BCUT2D eigenvalue weighted by molar-refractivity contribution is 6.10. The van der Waals surface area contributed by atoms with Gasteiger partial charge in [0.1, 0.15) is 0 Å². The van der Waals surface area contributed by atoms with Crippen molar-refractivity contribution in [2.75, 3.05) is 0 Å². The first-order valence-corrected chi connectivity index (χ1v) is 10.4. The van der Waals surface area contributed by atoms with Gasteiger partial charge in [0.2, 0.25) is 0 Å². The molecular weight excluding hydrogens is 326 g/mol. The molecule has 0 saturated carbocycles. The van der Waals surface area contributed by atoms with Gasteiger partial charge in [-0.2, -0.15) is 0 Å². The summed E-state index contributed by atoms with van der Waals surface area (Å²) in [6.07, 6.45) is 7.47. The third-order valence-corrected chi connectivity index (χ3v) is 6.05. The smallest absolute Gasteiger partial charge is 0.0540 e. The molecule has 1 aromatic heterocycles. The van der Waals surface area contributed by atoms with Crippen molar-refractivity contribution in [3.63, 3.8) is 0 Å². The zero-order valence-electron chi connectivity index (χ0n) is 17.8. The van der Waals surface area contributed by atoms with Gasteiger partial charge in [-0.1, -0.05) is 71.9 Å². The van der Waals surface area contributed by atoms with E-state index in [-0.39, 0.29) is 10.8 Å². The molecule has 0 aliphatic heterocycles. The molecule has 142 valence electrons. The Morgan fingerprint density at radius 3 is 1.63 bits per heavy atom. The molecule has 3 aromatic rings. The Kier molecular flexibility index (Phi) is 4.25. The average Bonchev–Trinajstić information content (AvgIpc) is 2.94. The molecule has 2 aromatic carbocycles. The number of hydrogen-bond donors (Lipinski definition) is 0. The lowest BCUT2D eigenvalue weighted by Crippen LogP contribution is -2.11. The van der Waals surface area contributed by atoms with Gasteiger partial charge in [-0.25, -0.2) is 0 Å². The van der Waals surface area contributed by atoms with Crippen LogP contribution in [0.25, 0.3) is 27.5 Å². The minimum Gasteiger partial charge on any atom is -0.313 e. The molecule has 0 unspecified atom stereocenters. The molecule has 1 heterocycles. The van der Waals surface area contributed by atoms with E-state index in [1.807, 2.05) is 0 Å². The average molecular weight is 360 g/mol. The highest BCUT2D eigenvalue weighted by Gasteiger charge is 2.21. The molecule has 1 aliphatic rings. The van der Waals surface area contributed by atoms with E-state index < -0.39 is 0 Å².